The van der Waals surface area contributed by atoms with Crippen LogP contribution in [-0.2, 0) is 32.6 Å². The summed E-state index contributed by atoms with van der Waals surface area (Å²) >= 11 is 5.90. The topological polar surface area (TPSA) is 95.6 Å². The molecule has 9 heteroatoms. The van der Waals surface area contributed by atoms with E-state index in [1.165, 1.54) is 6.07 Å². The van der Waals surface area contributed by atoms with E-state index in [1.54, 1.807) is 48.2 Å². The van der Waals surface area contributed by atoms with Gasteiger partial charge in [0.15, 0.2) is 0 Å². The Morgan fingerprint density at radius 2 is 1.82 bits per heavy atom. The number of amides is 2. The second-order valence-corrected chi connectivity index (χ2v) is 10.7. The maximum Gasteiger partial charge on any atom is 0.241 e. The molecule has 0 aromatic heterocycles. The number of anilines is 1. The van der Waals surface area contributed by atoms with E-state index in [0.29, 0.717) is 30.8 Å². The van der Waals surface area contributed by atoms with Crippen LogP contribution in [0.5, 0.6) is 0 Å². The fourth-order valence-electron chi connectivity index (χ4n) is 3.85. The Hall–Kier alpha value is -2.42. The Kier molecular flexibility index (Phi) is 8.15. The molecule has 0 spiro atoms. The van der Waals surface area contributed by atoms with Crippen molar-refractivity contribution in [2.24, 2.45) is 5.92 Å². The smallest absolute Gasteiger partial charge is 0.241 e. The normalized spacial score (nSPS) is 14.3. The van der Waals surface area contributed by atoms with E-state index < -0.39 is 16.1 Å². The van der Waals surface area contributed by atoms with Crippen molar-refractivity contribution >= 4 is 39.1 Å². The number of carbonyl (C=O) groups excluding carboxylic acids is 2. The summed E-state index contributed by atoms with van der Waals surface area (Å²) in [6.07, 6.45) is 1.35. The van der Waals surface area contributed by atoms with Crippen LogP contribution in [0.3, 0.4) is 0 Å². The van der Waals surface area contributed by atoms with Crippen molar-refractivity contribution < 1.29 is 18.0 Å². The van der Waals surface area contributed by atoms with Gasteiger partial charge >= 0.3 is 0 Å². The van der Waals surface area contributed by atoms with Gasteiger partial charge in [0, 0.05) is 30.2 Å². The minimum Gasteiger partial charge on any atom is -0.351 e. The number of nitrogens with one attached hydrogen (secondary N) is 2. The van der Waals surface area contributed by atoms with E-state index in [0.717, 1.165) is 16.8 Å². The van der Waals surface area contributed by atoms with Gasteiger partial charge in [0.25, 0.3) is 0 Å². The van der Waals surface area contributed by atoms with Crippen molar-refractivity contribution in [3.05, 3.63) is 58.6 Å². The van der Waals surface area contributed by atoms with Gasteiger partial charge in [-0.05, 0) is 60.2 Å². The number of sulfonamides is 1. The van der Waals surface area contributed by atoms with Gasteiger partial charge in [-0.1, -0.05) is 44.5 Å². The highest BCUT2D eigenvalue weighted by atomic mass is 35.5. The Morgan fingerprint density at radius 3 is 2.45 bits per heavy atom. The van der Waals surface area contributed by atoms with Crippen molar-refractivity contribution in [2.45, 2.75) is 57.5 Å². The minimum atomic E-state index is -3.94. The molecule has 1 aliphatic rings. The lowest BCUT2D eigenvalue weighted by atomic mass is 10.0. The number of fused-ring (bicyclic) bond motifs is 1. The van der Waals surface area contributed by atoms with E-state index in [-0.39, 0.29) is 29.2 Å². The predicted octanol–water partition coefficient (Wildman–Crippen LogP) is 3.65. The van der Waals surface area contributed by atoms with Gasteiger partial charge in [-0.15, -0.1) is 0 Å². The van der Waals surface area contributed by atoms with Crippen LogP contribution in [-0.4, -0.2) is 32.8 Å². The molecule has 0 bridgehead atoms. The zero-order valence-corrected chi connectivity index (χ0v) is 20.7. The third-order valence-electron chi connectivity index (χ3n) is 5.56. The molecular weight excluding hydrogens is 462 g/mol. The molecule has 0 fully saturated rings. The Labute approximate surface area is 200 Å². The molecule has 2 aromatic rings. The third kappa shape index (κ3) is 6.34. The second kappa shape index (κ2) is 10.7. The van der Waals surface area contributed by atoms with Gasteiger partial charge in [0.2, 0.25) is 21.8 Å². The number of nitrogens with zero attached hydrogens (tertiary/aromatic N) is 1. The van der Waals surface area contributed by atoms with Crippen molar-refractivity contribution in [3.8, 4) is 0 Å². The summed E-state index contributed by atoms with van der Waals surface area (Å²) in [5.41, 5.74) is 2.43. The van der Waals surface area contributed by atoms with Crippen LogP contribution < -0.4 is 14.9 Å². The van der Waals surface area contributed by atoms with E-state index in [9.17, 15) is 18.0 Å². The third-order valence-corrected chi connectivity index (χ3v) is 7.28. The molecule has 7 nitrogen and oxygen atoms in total. The number of halogens is 1. The summed E-state index contributed by atoms with van der Waals surface area (Å²) in [4.78, 5) is 26.7. The largest absolute Gasteiger partial charge is 0.351 e. The fourth-order valence-corrected chi connectivity index (χ4v) is 5.23. The fraction of sp³-hybridized carbons (Fsp3) is 0.417. The molecule has 0 saturated heterocycles. The van der Waals surface area contributed by atoms with E-state index in [4.69, 9.17) is 11.6 Å². The number of hydrogen-bond acceptors (Lipinski definition) is 4. The number of carbonyl (C=O) groups is 2. The maximum absolute atomic E-state index is 13.1. The van der Waals surface area contributed by atoms with Gasteiger partial charge < -0.3 is 10.2 Å². The highest BCUT2D eigenvalue weighted by Gasteiger charge is 2.29. The van der Waals surface area contributed by atoms with Crippen LogP contribution in [0.4, 0.5) is 5.69 Å². The maximum atomic E-state index is 13.1. The van der Waals surface area contributed by atoms with Gasteiger partial charge in [-0.25, -0.2) is 8.42 Å². The SMILES string of the molecule is CCC(=O)N1CCc2cc(S(=O)(=O)N[C@@H](CC(C)C)C(=O)NCc3ccc(Cl)cc3)ccc21. The Morgan fingerprint density at radius 1 is 1.12 bits per heavy atom. The summed E-state index contributed by atoms with van der Waals surface area (Å²) in [5, 5.41) is 3.41. The molecule has 33 heavy (non-hydrogen) atoms. The molecule has 178 valence electrons. The molecule has 0 unspecified atom stereocenters. The molecule has 1 aliphatic heterocycles. The monoisotopic (exact) mass is 491 g/mol. The second-order valence-electron chi connectivity index (χ2n) is 8.59. The zero-order valence-electron chi connectivity index (χ0n) is 19.1. The average Bonchev–Trinajstić information content (AvgIpc) is 3.20. The first-order valence-corrected chi connectivity index (χ1v) is 12.9. The average molecular weight is 492 g/mol. The first kappa shape index (κ1) is 25.2. The Bertz CT molecular complexity index is 1120. The van der Waals surface area contributed by atoms with E-state index in [1.807, 2.05) is 13.8 Å². The van der Waals surface area contributed by atoms with Gasteiger partial charge in [0.05, 0.1) is 4.90 Å². The number of rotatable bonds is 9. The molecule has 2 amide bonds. The molecular formula is C24H30ClN3O4S. The Balaban J connectivity index is 1.74. The van der Waals surface area contributed by atoms with Crippen LogP contribution in [0, 0.1) is 5.92 Å². The summed E-state index contributed by atoms with van der Waals surface area (Å²) in [7, 11) is -3.94. The first-order valence-electron chi connectivity index (χ1n) is 11.1. The van der Waals surface area contributed by atoms with E-state index in [2.05, 4.69) is 10.0 Å². The lowest BCUT2D eigenvalue weighted by Gasteiger charge is -2.21. The molecule has 0 saturated carbocycles. The highest BCUT2D eigenvalue weighted by Crippen LogP contribution is 2.30. The lowest BCUT2D eigenvalue weighted by molar-refractivity contribution is -0.123. The number of hydrogen-bond donors (Lipinski definition) is 2. The summed E-state index contributed by atoms with van der Waals surface area (Å²) in [5.74, 6) is -0.271. The molecule has 2 N–H and O–H groups in total. The number of benzene rings is 2. The van der Waals surface area contributed by atoms with Crippen LogP contribution in [0.25, 0.3) is 0 Å². The van der Waals surface area contributed by atoms with Crippen molar-refractivity contribution in [3.63, 3.8) is 0 Å². The molecule has 3 rings (SSSR count). The standard InChI is InChI=1S/C24H30ClN3O4S/c1-4-23(29)28-12-11-18-14-20(9-10-22(18)28)33(31,32)27-21(13-16(2)3)24(30)26-15-17-5-7-19(25)8-6-17/h5-10,14,16,21,27H,4,11-13,15H2,1-3H3,(H,26,30)/t21-/m0/s1. The summed E-state index contributed by atoms with van der Waals surface area (Å²) in [6.45, 7) is 6.48. The van der Waals surface area contributed by atoms with Crippen LogP contribution in [0.2, 0.25) is 5.02 Å². The van der Waals surface area contributed by atoms with E-state index >= 15 is 0 Å². The van der Waals surface area contributed by atoms with Crippen LogP contribution in [0.1, 0.15) is 44.7 Å². The van der Waals surface area contributed by atoms with Crippen LogP contribution in [0.15, 0.2) is 47.4 Å². The van der Waals surface area contributed by atoms with Gasteiger partial charge in [-0.3, -0.25) is 9.59 Å². The van der Waals surface area contributed by atoms with Crippen LogP contribution >= 0.6 is 11.6 Å². The predicted molar refractivity (Wildman–Crippen MR) is 130 cm³/mol. The summed E-state index contributed by atoms with van der Waals surface area (Å²) in [6, 6.07) is 10.9. The lowest BCUT2D eigenvalue weighted by Crippen LogP contribution is -2.47. The van der Waals surface area contributed by atoms with Gasteiger partial charge in [0.1, 0.15) is 6.04 Å². The van der Waals surface area contributed by atoms with Crippen molar-refractivity contribution in [1.82, 2.24) is 10.0 Å². The van der Waals surface area contributed by atoms with Crippen molar-refractivity contribution in [1.29, 1.82) is 0 Å². The summed E-state index contributed by atoms with van der Waals surface area (Å²) < 4.78 is 28.8. The molecule has 1 heterocycles. The first-order chi connectivity index (χ1) is 15.6. The quantitative estimate of drug-likeness (QED) is 0.559. The molecule has 0 radical (unpaired) electrons. The van der Waals surface area contributed by atoms with Crippen molar-refractivity contribution in [2.75, 3.05) is 11.4 Å². The minimum absolute atomic E-state index is 0.0110. The molecule has 1 atom stereocenters. The molecule has 0 aliphatic carbocycles. The highest BCUT2D eigenvalue weighted by molar-refractivity contribution is 7.89. The van der Waals surface area contributed by atoms with Gasteiger partial charge in [-0.2, -0.15) is 4.72 Å². The molecule has 2 aromatic carbocycles. The zero-order chi connectivity index (χ0) is 24.2.